The van der Waals surface area contributed by atoms with E-state index < -0.39 is 75.7 Å². The summed E-state index contributed by atoms with van der Waals surface area (Å²) in [5.41, 5.74) is 0. The molecular weight excluding hydrogens is 695 g/mol. The minimum Gasteiger partial charge on any atom is -0.462 e. The number of carbonyl (C=O) groups is 2. The van der Waals surface area contributed by atoms with Crippen molar-refractivity contribution < 1.29 is 63.1 Å². The molecule has 0 aromatic carbocycles. The normalized spacial score (nSPS) is 23.8. The number of phosphoric acid groups is 1. The van der Waals surface area contributed by atoms with Gasteiger partial charge in [0.05, 0.1) is 6.61 Å². The lowest BCUT2D eigenvalue weighted by atomic mass is 9.85. The van der Waals surface area contributed by atoms with Crippen LogP contribution in [-0.4, -0.2) is 98.3 Å². The molecule has 1 saturated carbocycles. The average Bonchev–Trinajstić information content (AvgIpc) is 3.12. The Morgan fingerprint density at radius 3 is 1.46 bits per heavy atom. The average molecular weight is 767 g/mol. The van der Waals surface area contributed by atoms with Crippen LogP contribution in [0.4, 0.5) is 0 Å². The molecule has 1 aliphatic rings. The lowest BCUT2D eigenvalue weighted by molar-refractivity contribution is -0.220. The van der Waals surface area contributed by atoms with Gasteiger partial charge in [-0.15, -0.1) is 0 Å². The number of aliphatic hydroxyl groups excluding tert-OH is 5. The van der Waals surface area contributed by atoms with Gasteiger partial charge < -0.3 is 39.9 Å². The maximum absolute atomic E-state index is 12.7. The Morgan fingerprint density at radius 2 is 0.981 bits per heavy atom. The van der Waals surface area contributed by atoms with Gasteiger partial charge in [-0.05, 0) is 38.5 Å². The topological polar surface area (TPSA) is 210 Å². The van der Waals surface area contributed by atoms with E-state index in [4.69, 9.17) is 18.5 Å². The van der Waals surface area contributed by atoms with Gasteiger partial charge >= 0.3 is 19.8 Å². The summed E-state index contributed by atoms with van der Waals surface area (Å²) in [6.07, 6.45) is 14.9. The van der Waals surface area contributed by atoms with Gasteiger partial charge in [0, 0.05) is 12.8 Å². The van der Waals surface area contributed by atoms with Crippen LogP contribution < -0.4 is 0 Å². The van der Waals surface area contributed by atoms with Crippen LogP contribution >= 0.6 is 7.82 Å². The summed E-state index contributed by atoms with van der Waals surface area (Å²) >= 11 is 0. The van der Waals surface area contributed by atoms with E-state index in [2.05, 4.69) is 26.0 Å². The van der Waals surface area contributed by atoms with Gasteiger partial charge in [0.1, 0.15) is 43.2 Å². The molecule has 0 aromatic heterocycles. The molecule has 0 saturated heterocycles. The van der Waals surface area contributed by atoms with E-state index in [0.717, 1.165) is 57.8 Å². The summed E-state index contributed by atoms with van der Waals surface area (Å²) in [6, 6.07) is 0. The quantitative estimate of drug-likeness (QED) is 0.0192. The second-order valence-electron chi connectivity index (χ2n) is 14.1. The van der Waals surface area contributed by atoms with Crippen molar-refractivity contribution in [1.82, 2.24) is 0 Å². The van der Waals surface area contributed by atoms with Crippen LogP contribution in [0.5, 0.6) is 0 Å². The van der Waals surface area contributed by atoms with Crippen molar-refractivity contribution in [3.05, 3.63) is 12.2 Å². The minimum atomic E-state index is -5.10. The number of aliphatic hydroxyl groups is 5. The van der Waals surface area contributed by atoms with Gasteiger partial charge in [0.15, 0.2) is 6.10 Å². The highest BCUT2D eigenvalue weighted by molar-refractivity contribution is 7.47. The number of ether oxygens (including phenoxy) is 2. The Labute approximate surface area is 312 Å². The number of esters is 2. The van der Waals surface area contributed by atoms with Crippen molar-refractivity contribution in [2.75, 3.05) is 13.2 Å². The largest absolute Gasteiger partial charge is 0.472 e. The fourth-order valence-electron chi connectivity index (χ4n) is 6.05. The van der Waals surface area contributed by atoms with E-state index in [1.165, 1.54) is 64.2 Å². The third kappa shape index (κ3) is 22.7. The van der Waals surface area contributed by atoms with Crippen LogP contribution in [0.1, 0.15) is 162 Å². The van der Waals surface area contributed by atoms with Gasteiger partial charge in [-0.2, -0.15) is 0 Å². The van der Waals surface area contributed by atoms with Crippen LogP contribution in [0.15, 0.2) is 12.2 Å². The van der Waals surface area contributed by atoms with E-state index in [1.54, 1.807) is 0 Å². The van der Waals surface area contributed by atoms with Crippen molar-refractivity contribution in [3.8, 4) is 0 Å². The molecule has 0 aromatic rings. The molecule has 1 fully saturated rings. The smallest absolute Gasteiger partial charge is 0.462 e. The van der Waals surface area contributed by atoms with E-state index in [-0.39, 0.29) is 12.8 Å². The lowest BCUT2D eigenvalue weighted by Crippen LogP contribution is -2.64. The predicted molar refractivity (Wildman–Crippen MR) is 198 cm³/mol. The number of phosphoric ester groups is 1. The highest BCUT2D eigenvalue weighted by atomic mass is 31.2. The molecule has 0 bridgehead atoms. The Bertz CT molecular complexity index is 980. The van der Waals surface area contributed by atoms with Gasteiger partial charge in [-0.25, -0.2) is 4.57 Å². The van der Waals surface area contributed by atoms with Crippen LogP contribution in [0, 0.1) is 0 Å². The fraction of sp³-hybridized carbons (Fsp3) is 0.895. The van der Waals surface area contributed by atoms with Crippen molar-refractivity contribution in [1.29, 1.82) is 0 Å². The van der Waals surface area contributed by atoms with Crippen molar-refractivity contribution in [2.45, 2.75) is 204 Å². The summed E-state index contributed by atoms with van der Waals surface area (Å²) in [4.78, 5) is 35.2. The SMILES string of the molecule is CCCCCCCCC/C=C\CCCCCCCCCC(=O)OC(COC(=O)CCCCCCC)COP(=O)(O)OC1C(O)C(O)C(O)C(O)C1O. The molecule has 0 amide bonds. The number of carbonyl (C=O) groups excluding carboxylic acids is 2. The molecule has 1 rings (SSSR count). The molecule has 13 nitrogen and oxygen atoms in total. The summed E-state index contributed by atoms with van der Waals surface area (Å²) in [5.74, 6) is -1.12. The minimum absolute atomic E-state index is 0.0945. The molecule has 1 aliphatic carbocycles. The first kappa shape index (κ1) is 48.6. The number of hydrogen-bond acceptors (Lipinski definition) is 12. The summed E-state index contributed by atoms with van der Waals surface area (Å²) in [6.45, 7) is 3.16. The second-order valence-corrected chi connectivity index (χ2v) is 15.5. The maximum Gasteiger partial charge on any atom is 0.472 e. The van der Waals surface area contributed by atoms with Crippen LogP contribution in [0.25, 0.3) is 0 Å². The zero-order chi connectivity index (χ0) is 38.6. The summed E-state index contributed by atoms with van der Waals surface area (Å²) in [5, 5.41) is 49.8. The highest BCUT2D eigenvalue weighted by Crippen LogP contribution is 2.47. The van der Waals surface area contributed by atoms with Gasteiger partial charge in [0.25, 0.3) is 0 Å². The van der Waals surface area contributed by atoms with E-state index >= 15 is 0 Å². The Hall–Kier alpha value is -1.41. The molecule has 0 heterocycles. The van der Waals surface area contributed by atoms with E-state index in [1.807, 2.05) is 0 Å². The first-order valence-corrected chi connectivity index (χ1v) is 21.5. The highest BCUT2D eigenvalue weighted by Gasteiger charge is 2.51. The summed E-state index contributed by atoms with van der Waals surface area (Å²) < 4.78 is 33.2. The molecule has 306 valence electrons. The zero-order valence-corrected chi connectivity index (χ0v) is 32.8. The van der Waals surface area contributed by atoms with E-state index in [0.29, 0.717) is 12.8 Å². The van der Waals surface area contributed by atoms with E-state index in [9.17, 15) is 44.6 Å². The molecule has 0 spiro atoms. The molecule has 6 unspecified atom stereocenters. The third-order valence-corrected chi connectivity index (χ3v) is 10.3. The van der Waals surface area contributed by atoms with Crippen molar-refractivity contribution >= 4 is 19.8 Å². The summed E-state index contributed by atoms with van der Waals surface area (Å²) in [7, 11) is -5.10. The predicted octanol–water partition coefficient (Wildman–Crippen LogP) is 6.33. The molecule has 52 heavy (non-hydrogen) atoms. The second kappa shape index (κ2) is 29.9. The maximum atomic E-state index is 12.7. The van der Waals surface area contributed by atoms with Crippen LogP contribution in [0.2, 0.25) is 0 Å². The number of allylic oxidation sites excluding steroid dienone is 2. The Balaban J connectivity index is 2.42. The molecule has 0 aliphatic heterocycles. The third-order valence-electron chi connectivity index (χ3n) is 9.36. The molecule has 6 atom stereocenters. The van der Waals surface area contributed by atoms with Crippen LogP contribution in [0.3, 0.4) is 0 Å². The molecular formula is C38H71O13P. The van der Waals surface area contributed by atoms with Crippen molar-refractivity contribution in [2.24, 2.45) is 0 Å². The molecule has 0 radical (unpaired) electrons. The van der Waals surface area contributed by atoms with Gasteiger partial charge in [-0.1, -0.05) is 122 Å². The zero-order valence-electron chi connectivity index (χ0n) is 31.9. The van der Waals surface area contributed by atoms with Gasteiger partial charge in [0.2, 0.25) is 0 Å². The Morgan fingerprint density at radius 1 is 0.577 bits per heavy atom. The number of unbranched alkanes of at least 4 members (excludes halogenated alkanes) is 18. The molecule has 14 heteroatoms. The number of hydrogen-bond donors (Lipinski definition) is 6. The van der Waals surface area contributed by atoms with Gasteiger partial charge in [-0.3, -0.25) is 18.6 Å². The first-order chi connectivity index (χ1) is 24.9. The standard InChI is InChI=1S/C38H71O13P/c1-3-5-7-9-10-11-12-13-14-15-16-17-18-19-20-21-23-25-27-32(40)50-30(28-48-31(39)26-24-22-8-6-4-2)29-49-52(46,47)51-38-36(44)34(42)33(41)35(43)37(38)45/h14-15,30,33-38,41-45H,3-13,16-29H2,1-2H3,(H,46,47)/b15-14-. The first-order valence-electron chi connectivity index (χ1n) is 20.0. The Kier molecular flexibility index (Phi) is 27.9. The lowest BCUT2D eigenvalue weighted by Gasteiger charge is -2.41. The molecule has 6 N–H and O–H groups in total. The van der Waals surface area contributed by atoms with Crippen LogP contribution in [-0.2, 0) is 32.7 Å². The monoisotopic (exact) mass is 766 g/mol. The van der Waals surface area contributed by atoms with Crippen molar-refractivity contribution in [3.63, 3.8) is 0 Å². The number of rotatable bonds is 32. The fourth-order valence-corrected chi connectivity index (χ4v) is 7.02.